The molecule has 4 heteroatoms. The standard InChI is InChI=1S/C14H20ClFN2/c1-2-4-13(18-9-7-17-8-10-18)11-5-3-6-12(15)14(11)16/h3,5-6,13,17H,2,4,7-10H2,1H3/t13-/m0/s1. The van der Waals surface area contributed by atoms with E-state index in [1.165, 1.54) is 0 Å². The molecule has 1 fully saturated rings. The molecule has 0 radical (unpaired) electrons. The van der Waals surface area contributed by atoms with Crippen LogP contribution in [0.3, 0.4) is 0 Å². The van der Waals surface area contributed by atoms with E-state index < -0.39 is 0 Å². The van der Waals surface area contributed by atoms with Crippen molar-refractivity contribution in [2.45, 2.75) is 25.8 Å². The fourth-order valence-corrected chi connectivity index (χ4v) is 2.76. The minimum Gasteiger partial charge on any atom is -0.314 e. The Labute approximate surface area is 113 Å². The summed E-state index contributed by atoms with van der Waals surface area (Å²) in [7, 11) is 0. The topological polar surface area (TPSA) is 15.3 Å². The Morgan fingerprint density at radius 2 is 2.11 bits per heavy atom. The molecule has 1 heterocycles. The average molecular weight is 271 g/mol. The molecule has 0 bridgehead atoms. The minimum atomic E-state index is -0.254. The second-order valence-electron chi connectivity index (χ2n) is 4.73. The van der Waals surface area contributed by atoms with E-state index in [2.05, 4.69) is 17.1 Å². The van der Waals surface area contributed by atoms with Gasteiger partial charge in [-0.15, -0.1) is 0 Å². The molecule has 0 amide bonds. The molecule has 0 unspecified atom stereocenters. The van der Waals surface area contributed by atoms with E-state index in [-0.39, 0.29) is 16.9 Å². The van der Waals surface area contributed by atoms with Gasteiger partial charge in [0.1, 0.15) is 5.82 Å². The number of nitrogens with zero attached hydrogens (tertiary/aromatic N) is 1. The van der Waals surface area contributed by atoms with Crippen molar-refractivity contribution in [1.29, 1.82) is 0 Å². The number of benzene rings is 1. The summed E-state index contributed by atoms with van der Waals surface area (Å²) in [6.45, 7) is 6.02. The molecular weight excluding hydrogens is 251 g/mol. The number of nitrogens with one attached hydrogen (secondary N) is 1. The second-order valence-corrected chi connectivity index (χ2v) is 5.14. The van der Waals surface area contributed by atoms with E-state index in [1.54, 1.807) is 6.07 Å². The van der Waals surface area contributed by atoms with E-state index in [4.69, 9.17) is 11.6 Å². The highest BCUT2D eigenvalue weighted by Gasteiger charge is 2.24. The van der Waals surface area contributed by atoms with Crippen molar-refractivity contribution in [1.82, 2.24) is 10.2 Å². The third-order valence-corrected chi connectivity index (χ3v) is 3.79. The highest BCUT2D eigenvalue weighted by Crippen LogP contribution is 2.30. The third-order valence-electron chi connectivity index (χ3n) is 3.49. The first-order chi connectivity index (χ1) is 8.74. The number of rotatable bonds is 4. The first kappa shape index (κ1) is 13.8. The van der Waals surface area contributed by atoms with Gasteiger partial charge in [-0.05, 0) is 12.5 Å². The summed E-state index contributed by atoms with van der Waals surface area (Å²) in [6.07, 6.45) is 2.01. The van der Waals surface area contributed by atoms with Crippen LogP contribution in [-0.4, -0.2) is 31.1 Å². The fourth-order valence-electron chi connectivity index (χ4n) is 2.58. The van der Waals surface area contributed by atoms with Gasteiger partial charge < -0.3 is 5.32 Å². The number of halogens is 2. The zero-order valence-electron chi connectivity index (χ0n) is 10.8. The molecule has 1 saturated heterocycles. The van der Waals surface area contributed by atoms with E-state index in [0.717, 1.165) is 44.6 Å². The Morgan fingerprint density at radius 1 is 1.39 bits per heavy atom. The van der Waals surface area contributed by atoms with Crippen LogP contribution in [0, 0.1) is 5.82 Å². The molecular formula is C14H20ClFN2. The summed E-state index contributed by atoms with van der Waals surface area (Å²) in [6, 6.07) is 5.46. The first-order valence-electron chi connectivity index (χ1n) is 6.62. The van der Waals surface area contributed by atoms with Gasteiger partial charge in [0.2, 0.25) is 0 Å². The maximum atomic E-state index is 14.2. The zero-order valence-corrected chi connectivity index (χ0v) is 11.5. The quantitative estimate of drug-likeness (QED) is 0.904. The van der Waals surface area contributed by atoms with E-state index >= 15 is 0 Å². The Balaban J connectivity index is 2.25. The lowest BCUT2D eigenvalue weighted by atomic mass is 9.99. The predicted octanol–water partition coefficient (Wildman–Crippen LogP) is 3.23. The van der Waals surface area contributed by atoms with Crippen LogP contribution in [0.2, 0.25) is 5.02 Å². The number of piperazine rings is 1. The molecule has 2 nitrogen and oxygen atoms in total. The molecule has 0 aromatic heterocycles. The van der Waals surface area contributed by atoms with Gasteiger partial charge in [-0.25, -0.2) is 4.39 Å². The highest BCUT2D eigenvalue weighted by molar-refractivity contribution is 6.30. The zero-order chi connectivity index (χ0) is 13.0. The molecule has 1 aliphatic rings. The monoisotopic (exact) mass is 270 g/mol. The maximum absolute atomic E-state index is 14.2. The van der Waals surface area contributed by atoms with Crippen LogP contribution in [0.1, 0.15) is 31.4 Å². The minimum absolute atomic E-state index is 0.149. The van der Waals surface area contributed by atoms with Crippen LogP contribution in [-0.2, 0) is 0 Å². The van der Waals surface area contributed by atoms with Gasteiger partial charge >= 0.3 is 0 Å². The van der Waals surface area contributed by atoms with Crippen LogP contribution in [0.5, 0.6) is 0 Å². The molecule has 1 aromatic rings. The van der Waals surface area contributed by atoms with E-state index in [9.17, 15) is 4.39 Å². The van der Waals surface area contributed by atoms with Crippen molar-refractivity contribution >= 4 is 11.6 Å². The molecule has 0 saturated carbocycles. The summed E-state index contributed by atoms with van der Waals surface area (Å²) in [5.74, 6) is -0.254. The van der Waals surface area contributed by atoms with Crippen molar-refractivity contribution in [3.8, 4) is 0 Å². The van der Waals surface area contributed by atoms with Crippen molar-refractivity contribution < 1.29 is 4.39 Å². The van der Waals surface area contributed by atoms with Gasteiger partial charge in [0, 0.05) is 37.8 Å². The third kappa shape index (κ3) is 3.02. The summed E-state index contributed by atoms with van der Waals surface area (Å²) < 4.78 is 14.2. The van der Waals surface area contributed by atoms with Crippen molar-refractivity contribution in [2.75, 3.05) is 26.2 Å². The summed E-state index contributed by atoms with van der Waals surface area (Å²) in [5, 5.41) is 3.55. The van der Waals surface area contributed by atoms with Crippen LogP contribution in [0.4, 0.5) is 4.39 Å². The van der Waals surface area contributed by atoms with E-state index in [0.29, 0.717) is 0 Å². The molecule has 0 aliphatic carbocycles. The Kier molecular flexibility index (Phi) is 4.98. The van der Waals surface area contributed by atoms with Crippen LogP contribution in [0.25, 0.3) is 0 Å². The Morgan fingerprint density at radius 3 is 2.78 bits per heavy atom. The van der Waals surface area contributed by atoms with Gasteiger partial charge in [0.15, 0.2) is 0 Å². The molecule has 0 spiro atoms. The van der Waals surface area contributed by atoms with Crippen molar-refractivity contribution in [3.63, 3.8) is 0 Å². The van der Waals surface area contributed by atoms with Gasteiger partial charge in [-0.2, -0.15) is 0 Å². The fraction of sp³-hybridized carbons (Fsp3) is 0.571. The smallest absolute Gasteiger partial charge is 0.146 e. The van der Waals surface area contributed by atoms with Crippen LogP contribution >= 0.6 is 11.6 Å². The lowest BCUT2D eigenvalue weighted by Gasteiger charge is -2.35. The molecule has 18 heavy (non-hydrogen) atoms. The SMILES string of the molecule is CCC[C@@H](c1cccc(Cl)c1F)N1CCNCC1. The molecule has 2 rings (SSSR count). The van der Waals surface area contributed by atoms with Crippen LogP contribution < -0.4 is 5.32 Å². The molecule has 1 N–H and O–H groups in total. The predicted molar refractivity (Wildman–Crippen MR) is 73.5 cm³/mol. The Hall–Kier alpha value is -0.640. The van der Waals surface area contributed by atoms with Gasteiger partial charge in [-0.3, -0.25) is 4.90 Å². The Bertz CT molecular complexity index is 391. The summed E-state index contributed by atoms with van der Waals surface area (Å²) in [5.41, 5.74) is 0.742. The molecule has 1 aliphatic heterocycles. The van der Waals surface area contributed by atoms with Crippen LogP contribution in [0.15, 0.2) is 18.2 Å². The normalized spacial score (nSPS) is 18.8. The van der Waals surface area contributed by atoms with Gasteiger partial charge in [0.25, 0.3) is 0 Å². The molecule has 1 atom stereocenters. The first-order valence-corrected chi connectivity index (χ1v) is 7.00. The summed E-state index contributed by atoms with van der Waals surface area (Å²) >= 11 is 5.89. The van der Waals surface area contributed by atoms with Gasteiger partial charge in [0.05, 0.1) is 5.02 Å². The van der Waals surface area contributed by atoms with Gasteiger partial charge in [-0.1, -0.05) is 37.1 Å². The largest absolute Gasteiger partial charge is 0.314 e. The maximum Gasteiger partial charge on any atom is 0.146 e. The highest BCUT2D eigenvalue weighted by atomic mass is 35.5. The van der Waals surface area contributed by atoms with Crippen molar-refractivity contribution in [2.24, 2.45) is 0 Å². The van der Waals surface area contributed by atoms with Crippen molar-refractivity contribution in [3.05, 3.63) is 34.6 Å². The second kappa shape index (κ2) is 6.50. The molecule has 1 aromatic carbocycles. The van der Waals surface area contributed by atoms with E-state index in [1.807, 2.05) is 12.1 Å². The molecule has 100 valence electrons. The summed E-state index contributed by atoms with van der Waals surface area (Å²) in [4.78, 5) is 2.36. The lowest BCUT2D eigenvalue weighted by Crippen LogP contribution is -2.45. The lowest BCUT2D eigenvalue weighted by molar-refractivity contribution is 0.161. The average Bonchev–Trinajstić information content (AvgIpc) is 2.41. The number of hydrogen-bond donors (Lipinski definition) is 1. The number of hydrogen-bond acceptors (Lipinski definition) is 2.